The van der Waals surface area contributed by atoms with Crippen molar-refractivity contribution in [3.63, 3.8) is 0 Å². The molecule has 2 heterocycles. The molecule has 0 aliphatic carbocycles. The molecule has 5 nitrogen and oxygen atoms in total. The largest absolute Gasteiger partial charge is 0.342 e. The van der Waals surface area contributed by atoms with E-state index < -0.39 is 0 Å². The topological polar surface area (TPSA) is 70.7 Å². The van der Waals surface area contributed by atoms with Gasteiger partial charge < -0.3 is 10.3 Å². The third-order valence-electron chi connectivity index (χ3n) is 4.14. The lowest BCUT2D eigenvalue weighted by molar-refractivity contribution is 0.0920. The number of nitrogens with one attached hydrogen (secondary N) is 2. The van der Waals surface area contributed by atoms with E-state index in [4.69, 9.17) is 0 Å². The number of rotatable bonds is 5. The molecular formula is C18H20N4O. The van der Waals surface area contributed by atoms with Crippen LogP contribution in [0.2, 0.25) is 0 Å². The van der Waals surface area contributed by atoms with Crippen molar-refractivity contribution in [3.8, 4) is 0 Å². The number of hydrogen-bond donors (Lipinski definition) is 2. The first-order valence-corrected chi connectivity index (χ1v) is 7.84. The van der Waals surface area contributed by atoms with Crippen LogP contribution in [0.3, 0.4) is 0 Å². The number of carbonyl (C=O) groups is 1. The lowest BCUT2D eigenvalue weighted by Gasteiger charge is -2.22. The summed E-state index contributed by atoms with van der Waals surface area (Å²) in [7, 11) is 0. The lowest BCUT2D eigenvalue weighted by Crippen LogP contribution is -2.33. The van der Waals surface area contributed by atoms with Crippen LogP contribution in [0.25, 0.3) is 11.0 Å². The number of benzene rings is 1. The Balaban J connectivity index is 1.90. The van der Waals surface area contributed by atoms with Gasteiger partial charge in [0.1, 0.15) is 5.82 Å². The van der Waals surface area contributed by atoms with Crippen molar-refractivity contribution in [2.24, 2.45) is 5.92 Å². The molecule has 118 valence electrons. The number of aromatic nitrogens is 3. The quantitative estimate of drug-likeness (QED) is 0.758. The lowest BCUT2D eigenvalue weighted by atomic mass is 9.98. The summed E-state index contributed by atoms with van der Waals surface area (Å²) in [4.78, 5) is 24.4. The summed E-state index contributed by atoms with van der Waals surface area (Å²) in [6.45, 7) is 4.23. The minimum absolute atomic E-state index is 0.113. The molecule has 0 aliphatic rings. The minimum Gasteiger partial charge on any atom is -0.342 e. The summed E-state index contributed by atoms with van der Waals surface area (Å²) in [5, 5.41) is 3.10. The molecule has 2 unspecified atom stereocenters. The van der Waals surface area contributed by atoms with E-state index in [1.165, 1.54) is 0 Å². The number of H-pyrrole nitrogens is 1. The molecule has 2 atom stereocenters. The predicted molar refractivity (Wildman–Crippen MR) is 90.0 cm³/mol. The Kier molecular flexibility index (Phi) is 4.37. The summed E-state index contributed by atoms with van der Waals surface area (Å²) in [6, 6.07) is 11.1. The summed E-state index contributed by atoms with van der Waals surface area (Å²) in [5.74, 6) is 0.947. The van der Waals surface area contributed by atoms with E-state index in [-0.39, 0.29) is 17.9 Å². The number of nitrogens with zero attached hydrogens (tertiary/aromatic N) is 2. The molecule has 0 radical (unpaired) electrons. The van der Waals surface area contributed by atoms with Gasteiger partial charge in [0.2, 0.25) is 0 Å². The van der Waals surface area contributed by atoms with Gasteiger partial charge >= 0.3 is 0 Å². The van der Waals surface area contributed by atoms with Gasteiger partial charge in [-0.05, 0) is 30.2 Å². The van der Waals surface area contributed by atoms with Crippen LogP contribution in [-0.2, 0) is 0 Å². The van der Waals surface area contributed by atoms with Crippen LogP contribution >= 0.6 is 0 Å². The van der Waals surface area contributed by atoms with Crippen LogP contribution in [-0.4, -0.2) is 20.9 Å². The summed E-state index contributed by atoms with van der Waals surface area (Å²) >= 11 is 0. The second-order valence-corrected chi connectivity index (χ2v) is 5.71. The second-order valence-electron chi connectivity index (χ2n) is 5.71. The molecule has 0 fully saturated rings. The van der Waals surface area contributed by atoms with Crippen molar-refractivity contribution < 1.29 is 4.79 Å². The van der Waals surface area contributed by atoms with Crippen molar-refractivity contribution in [3.05, 3.63) is 60.2 Å². The normalized spacial score (nSPS) is 13.7. The van der Waals surface area contributed by atoms with Crippen molar-refractivity contribution >= 4 is 16.9 Å². The first-order valence-electron chi connectivity index (χ1n) is 7.84. The maximum Gasteiger partial charge on any atom is 0.251 e. The fourth-order valence-electron chi connectivity index (χ4n) is 2.56. The monoisotopic (exact) mass is 308 g/mol. The predicted octanol–water partition coefficient (Wildman–Crippen LogP) is 3.48. The van der Waals surface area contributed by atoms with Crippen LogP contribution < -0.4 is 5.32 Å². The van der Waals surface area contributed by atoms with E-state index in [9.17, 15) is 4.79 Å². The van der Waals surface area contributed by atoms with Crippen LogP contribution in [0.15, 0.2) is 48.8 Å². The maximum atomic E-state index is 12.5. The number of imidazole rings is 1. The third kappa shape index (κ3) is 3.23. The molecule has 1 amide bonds. The van der Waals surface area contributed by atoms with E-state index in [1.807, 2.05) is 24.3 Å². The van der Waals surface area contributed by atoms with Crippen molar-refractivity contribution in [2.75, 3.05) is 0 Å². The molecule has 3 aromatic rings. The Morgan fingerprint density at radius 1 is 1.22 bits per heavy atom. The zero-order chi connectivity index (χ0) is 16.2. The average Bonchev–Trinajstić information content (AvgIpc) is 3.03. The number of fused-ring (bicyclic) bond motifs is 1. The molecule has 3 rings (SSSR count). The summed E-state index contributed by atoms with van der Waals surface area (Å²) < 4.78 is 0. The fourth-order valence-corrected chi connectivity index (χ4v) is 2.56. The Labute approximate surface area is 135 Å². The molecule has 0 aliphatic heterocycles. The molecule has 23 heavy (non-hydrogen) atoms. The van der Waals surface area contributed by atoms with Gasteiger partial charge in [0.15, 0.2) is 0 Å². The Morgan fingerprint density at radius 3 is 2.65 bits per heavy atom. The number of hydrogen-bond acceptors (Lipinski definition) is 3. The molecule has 0 saturated heterocycles. The standard InChI is InChI=1S/C18H20N4O/c1-3-12(2)16(22-18(23)13-8-10-19-11-9-13)17-20-14-6-4-5-7-15(14)21-17/h4-12,16H,3H2,1-2H3,(H,20,21)(H,22,23). The molecule has 0 bridgehead atoms. The van der Waals surface area contributed by atoms with Gasteiger partial charge in [0, 0.05) is 18.0 Å². The Morgan fingerprint density at radius 2 is 1.96 bits per heavy atom. The highest BCUT2D eigenvalue weighted by Gasteiger charge is 2.24. The molecule has 2 aromatic heterocycles. The maximum absolute atomic E-state index is 12.5. The van der Waals surface area contributed by atoms with E-state index in [0.717, 1.165) is 23.3 Å². The first-order chi connectivity index (χ1) is 11.2. The van der Waals surface area contributed by atoms with Crippen LogP contribution in [0.4, 0.5) is 0 Å². The molecular weight excluding hydrogens is 288 g/mol. The SMILES string of the molecule is CCC(C)C(NC(=O)c1ccncc1)c1nc2ccccc2[nH]1. The third-order valence-corrected chi connectivity index (χ3v) is 4.14. The number of para-hydroxylation sites is 2. The number of carbonyl (C=O) groups excluding carboxylic acids is 1. The molecule has 1 aromatic carbocycles. The molecule has 5 heteroatoms. The number of amides is 1. The van der Waals surface area contributed by atoms with Gasteiger partial charge in [0.25, 0.3) is 5.91 Å². The summed E-state index contributed by atoms with van der Waals surface area (Å²) in [6.07, 6.45) is 4.18. The van der Waals surface area contributed by atoms with Crippen LogP contribution in [0.1, 0.15) is 42.5 Å². The Hall–Kier alpha value is -2.69. The van der Waals surface area contributed by atoms with Gasteiger partial charge in [-0.25, -0.2) is 4.98 Å². The first kappa shape index (κ1) is 15.2. The number of aromatic amines is 1. The van der Waals surface area contributed by atoms with Crippen molar-refractivity contribution in [1.29, 1.82) is 0 Å². The van der Waals surface area contributed by atoms with E-state index in [0.29, 0.717) is 5.56 Å². The van der Waals surface area contributed by atoms with E-state index in [2.05, 4.69) is 34.1 Å². The van der Waals surface area contributed by atoms with Crippen molar-refractivity contribution in [1.82, 2.24) is 20.3 Å². The molecule has 0 spiro atoms. The zero-order valence-electron chi connectivity index (χ0n) is 13.3. The van der Waals surface area contributed by atoms with Crippen molar-refractivity contribution in [2.45, 2.75) is 26.3 Å². The Bertz CT molecular complexity index is 764. The zero-order valence-corrected chi connectivity index (χ0v) is 13.3. The van der Waals surface area contributed by atoms with Crippen LogP contribution in [0, 0.1) is 5.92 Å². The minimum atomic E-state index is -0.159. The highest BCUT2D eigenvalue weighted by Crippen LogP contribution is 2.25. The molecule has 2 N–H and O–H groups in total. The van der Waals surface area contributed by atoms with Gasteiger partial charge in [-0.15, -0.1) is 0 Å². The highest BCUT2D eigenvalue weighted by atomic mass is 16.1. The molecule has 0 saturated carbocycles. The van der Waals surface area contributed by atoms with E-state index in [1.54, 1.807) is 24.5 Å². The average molecular weight is 308 g/mol. The van der Waals surface area contributed by atoms with Gasteiger partial charge in [-0.2, -0.15) is 0 Å². The van der Waals surface area contributed by atoms with Gasteiger partial charge in [0.05, 0.1) is 17.1 Å². The highest BCUT2D eigenvalue weighted by molar-refractivity contribution is 5.94. The second kappa shape index (κ2) is 6.60. The smallest absolute Gasteiger partial charge is 0.251 e. The van der Waals surface area contributed by atoms with Gasteiger partial charge in [-0.1, -0.05) is 32.4 Å². The fraction of sp³-hybridized carbons (Fsp3) is 0.278. The number of pyridine rings is 1. The summed E-state index contributed by atoms with van der Waals surface area (Å²) in [5.41, 5.74) is 2.49. The van der Waals surface area contributed by atoms with E-state index >= 15 is 0 Å². The van der Waals surface area contributed by atoms with Crippen LogP contribution in [0.5, 0.6) is 0 Å². The van der Waals surface area contributed by atoms with Gasteiger partial charge in [-0.3, -0.25) is 9.78 Å².